The number of carbonyl (C=O) groups excluding carboxylic acids is 2. The average Bonchev–Trinajstić information content (AvgIpc) is 3.29. The lowest BCUT2D eigenvalue weighted by Gasteiger charge is -2.43. The van der Waals surface area contributed by atoms with Crippen LogP contribution in [-0.4, -0.2) is 19.0 Å². The minimum absolute atomic E-state index is 0.0203. The number of hydrogen-bond donors (Lipinski definition) is 3. The fourth-order valence-corrected chi connectivity index (χ4v) is 6.02. The summed E-state index contributed by atoms with van der Waals surface area (Å²) in [4.78, 5) is 26.3. The first-order valence-electron chi connectivity index (χ1n) is 13.0. The molecule has 0 aromatic heterocycles. The molecule has 0 bridgehead atoms. The summed E-state index contributed by atoms with van der Waals surface area (Å²) in [5.41, 5.74) is 1.91. The van der Waals surface area contributed by atoms with Gasteiger partial charge in [0.15, 0.2) is 11.6 Å². The number of benzene rings is 3. The number of methoxy groups -OCH3 is 1. The quantitative estimate of drug-likeness (QED) is 0.280. The third kappa shape index (κ3) is 5.17. The van der Waals surface area contributed by atoms with Gasteiger partial charge in [-0.1, -0.05) is 43.0 Å². The number of halogens is 3. The molecule has 6 nitrogen and oxygen atoms in total. The van der Waals surface area contributed by atoms with Crippen molar-refractivity contribution in [2.45, 2.75) is 44.7 Å². The van der Waals surface area contributed by atoms with E-state index in [2.05, 4.69) is 16.0 Å². The summed E-state index contributed by atoms with van der Waals surface area (Å²) in [5.74, 6) is -3.36. The van der Waals surface area contributed by atoms with Crippen molar-refractivity contribution in [2.24, 2.45) is 11.8 Å². The van der Waals surface area contributed by atoms with E-state index in [1.165, 1.54) is 7.11 Å². The first-order valence-corrected chi connectivity index (χ1v) is 13.4. The molecule has 2 aliphatic rings. The van der Waals surface area contributed by atoms with Gasteiger partial charge in [-0.25, -0.2) is 13.6 Å². The average molecular weight is 554 g/mol. The molecule has 5 rings (SSSR count). The maximum absolute atomic E-state index is 14.3. The summed E-state index contributed by atoms with van der Waals surface area (Å²) in [7, 11) is 1.32. The fourth-order valence-electron chi connectivity index (χ4n) is 5.89. The Kier molecular flexibility index (Phi) is 7.49. The molecule has 1 aliphatic heterocycles. The molecule has 0 spiro atoms. The van der Waals surface area contributed by atoms with Gasteiger partial charge >= 0.3 is 5.97 Å². The molecule has 0 radical (unpaired) electrons. The van der Waals surface area contributed by atoms with Gasteiger partial charge in [-0.05, 0) is 67.1 Å². The zero-order valence-corrected chi connectivity index (χ0v) is 22.5. The van der Waals surface area contributed by atoms with E-state index in [0.717, 1.165) is 44.2 Å². The van der Waals surface area contributed by atoms with Gasteiger partial charge in [0.25, 0.3) is 0 Å². The highest BCUT2D eigenvalue weighted by atomic mass is 35.5. The van der Waals surface area contributed by atoms with Gasteiger partial charge in [0, 0.05) is 22.8 Å². The Morgan fingerprint density at radius 3 is 2.15 bits per heavy atom. The summed E-state index contributed by atoms with van der Waals surface area (Å²) < 4.78 is 33.4. The standard InChI is InChI=1S/C30H30ClF2N3O3/c1-17-14-19(29(38)39-2)8-13-24(17)34-28(37)27(18-6-4-3-5-7-18)30(20-9-11-21(31)12-10-20)35-25-15-22(32)23(33)16-26(25)36-30/h8-16,18,27,35-36H,3-7H2,1-2H3,(H,34,37). The third-order valence-electron chi connectivity index (χ3n) is 7.80. The van der Waals surface area contributed by atoms with Crippen LogP contribution < -0.4 is 16.0 Å². The van der Waals surface area contributed by atoms with Crippen LogP contribution in [0.1, 0.15) is 53.6 Å². The smallest absolute Gasteiger partial charge is 0.337 e. The van der Waals surface area contributed by atoms with Crippen LogP contribution in [0.3, 0.4) is 0 Å². The SMILES string of the molecule is COC(=O)c1ccc(NC(=O)C(C2CCCCC2)C2(c3ccc(Cl)cc3)Nc3cc(F)c(F)cc3N2)c(C)c1. The minimum atomic E-state index is -1.20. The number of amides is 1. The number of rotatable bonds is 6. The molecule has 1 heterocycles. The molecule has 1 unspecified atom stereocenters. The van der Waals surface area contributed by atoms with Gasteiger partial charge in [-0.15, -0.1) is 0 Å². The van der Waals surface area contributed by atoms with Gasteiger partial charge in [0.05, 0.1) is 30.0 Å². The van der Waals surface area contributed by atoms with Crippen molar-refractivity contribution in [3.05, 3.63) is 87.9 Å². The maximum atomic E-state index is 14.3. The topological polar surface area (TPSA) is 79.5 Å². The lowest BCUT2D eigenvalue weighted by molar-refractivity contribution is -0.124. The van der Waals surface area contributed by atoms with Gasteiger partial charge in [-0.2, -0.15) is 0 Å². The molecule has 3 N–H and O–H groups in total. The van der Waals surface area contributed by atoms with Crippen molar-refractivity contribution in [3.8, 4) is 0 Å². The highest BCUT2D eigenvalue weighted by Gasteiger charge is 2.52. The zero-order valence-electron chi connectivity index (χ0n) is 21.7. The number of hydrogen-bond acceptors (Lipinski definition) is 5. The molecule has 3 aromatic carbocycles. The van der Waals surface area contributed by atoms with E-state index in [1.54, 1.807) is 37.3 Å². The van der Waals surface area contributed by atoms with E-state index in [-0.39, 0.29) is 11.8 Å². The van der Waals surface area contributed by atoms with Gasteiger partial charge in [0.1, 0.15) is 5.66 Å². The summed E-state index contributed by atoms with van der Waals surface area (Å²) >= 11 is 6.20. The molecule has 39 heavy (non-hydrogen) atoms. The van der Waals surface area contributed by atoms with Crippen LogP contribution >= 0.6 is 11.6 Å². The maximum Gasteiger partial charge on any atom is 0.337 e. The van der Waals surface area contributed by atoms with E-state index in [0.29, 0.717) is 38.8 Å². The molecule has 1 saturated carbocycles. The van der Waals surface area contributed by atoms with E-state index in [1.807, 2.05) is 12.1 Å². The first kappa shape index (κ1) is 26.9. The molecular weight excluding hydrogens is 524 g/mol. The Balaban J connectivity index is 1.59. The van der Waals surface area contributed by atoms with Crippen molar-refractivity contribution in [2.75, 3.05) is 23.1 Å². The largest absolute Gasteiger partial charge is 0.465 e. The van der Waals surface area contributed by atoms with E-state index >= 15 is 0 Å². The number of carbonyl (C=O) groups is 2. The highest BCUT2D eigenvalue weighted by molar-refractivity contribution is 6.30. The summed E-state index contributed by atoms with van der Waals surface area (Å²) in [6.07, 6.45) is 4.71. The minimum Gasteiger partial charge on any atom is -0.465 e. The zero-order chi connectivity index (χ0) is 27.7. The number of aryl methyl sites for hydroxylation is 1. The molecule has 9 heteroatoms. The predicted octanol–water partition coefficient (Wildman–Crippen LogP) is 7.24. The lowest BCUT2D eigenvalue weighted by atomic mass is 9.71. The second-order valence-corrected chi connectivity index (χ2v) is 10.7. The Morgan fingerprint density at radius 2 is 1.59 bits per heavy atom. The summed E-state index contributed by atoms with van der Waals surface area (Å²) in [6, 6.07) is 14.3. The Bertz CT molecular complexity index is 1380. The van der Waals surface area contributed by atoms with E-state index < -0.39 is 29.2 Å². The van der Waals surface area contributed by atoms with Crippen LogP contribution in [-0.2, 0) is 15.2 Å². The van der Waals surface area contributed by atoms with Crippen LogP contribution in [0.5, 0.6) is 0 Å². The van der Waals surface area contributed by atoms with E-state index in [9.17, 15) is 18.4 Å². The van der Waals surface area contributed by atoms with E-state index in [4.69, 9.17) is 16.3 Å². The van der Waals surface area contributed by atoms with Crippen molar-refractivity contribution in [1.29, 1.82) is 0 Å². The number of nitrogens with one attached hydrogen (secondary N) is 3. The van der Waals surface area contributed by atoms with Crippen molar-refractivity contribution in [1.82, 2.24) is 0 Å². The number of esters is 1. The highest BCUT2D eigenvalue weighted by Crippen LogP contribution is 2.49. The number of fused-ring (bicyclic) bond motifs is 1. The van der Waals surface area contributed by atoms with Crippen LogP contribution in [0.4, 0.5) is 25.8 Å². The third-order valence-corrected chi connectivity index (χ3v) is 8.05. The van der Waals surface area contributed by atoms with Crippen molar-refractivity contribution >= 4 is 40.5 Å². The molecular formula is C30H30ClF2N3O3. The first-order chi connectivity index (χ1) is 18.7. The van der Waals surface area contributed by atoms with Crippen LogP contribution in [0, 0.1) is 30.4 Å². The molecule has 1 fully saturated rings. The van der Waals surface area contributed by atoms with Crippen LogP contribution in [0.15, 0.2) is 54.6 Å². The monoisotopic (exact) mass is 553 g/mol. The molecule has 3 aromatic rings. The number of ether oxygens (including phenoxy) is 1. The van der Waals surface area contributed by atoms with Gasteiger partial charge in [0.2, 0.25) is 5.91 Å². The molecule has 204 valence electrons. The molecule has 1 aliphatic carbocycles. The lowest BCUT2D eigenvalue weighted by Crippen LogP contribution is -2.54. The summed E-state index contributed by atoms with van der Waals surface area (Å²) in [6.45, 7) is 1.81. The van der Waals surface area contributed by atoms with Crippen molar-refractivity contribution in [3.63, 3.8) is 0 Å². The predicted molar refractivity (Wildman–Crippen MR) is 148 cm³/mol. The molecule has 1 amide bonds. The molecule has 0 saturated heterocycles. The van der Waals surface area contributed by atoms with Crippen LogP contribution in [0.2, 0.25) is 5.02 Å². The van der Waals surface area contributed by atoms with Crippen LogP contribution in [0.25, 0.3) is 0 Å². The van der Waals surface area contributed by atoms with Gasteiger partial charge < -0.3 is 20.7 Å². The number of anilines is 3. The fraction of sp³-hybridized carbons (Fsp3) is 0.333. The molecule has 1 atom stereocenters. The Hall–Kier alpha value is -3.65. The second-order valence-electron chi connectivity index (χ2n) is 10.3. The Morgan fingerprint density at radius 1 is 0.974 bits per heavy atom. The second kappa shape index (κ2) is 10.8. The normalized spacial score (nSPS) is 16.9. The Labute approximate surface area is 231 Å². The van der Waals surface area contributed by atoms with Gasteiger partial charge in [-0.3, -0.25) is 4.79 Å². The summed E-state index contributed by atoms with van der Waals surface area (Å²) in [5, 5.41) is 10.4. The van der Waals surface area contributed by atoms with Crippen molar-refractivity contribution < 1.29 is 23.1 Å².